The van der Waals surface area contributed by atoms with Gasteiger partial charge in [-0.1, -0.05) is 35.0 Å². The van der Waals surface area contributed by atoms with Gasteiger partial charge in [0.05, 0.1) is 12.7 Å². The van der Waals surface area contributed by atoms with Crippen LogP contribution in [0.5, 0.6) is 0 Å². The van der Waals surface area contributed by atoms with E-state index in [0.717, 1.165) is 23.5 Å². The molecule has 0 aliphatic heterocycles. The lowest BCUT2D eigenvalue weighted by Gasteiger charge is -2.26. The summed E-state index contributed by atoms with van der Waals surface area (Å²) in [5, 5.41) is 3.17. The lowest BCUT2D eigenvalue weighted by molar-refractivity contribution is 0.00852. The Hall–Kier alpha value is -0.380. The fourth-order valence-corrected chi connectivity index (χ4v) is 3.17. The van der Waals surface area contributed by atoms with E-state index in [4.69, 9.17) is 4.74 Å². The average Bonchev–Trinajstić information content (AvgIpc) is 2.40. The van der Waals surface area contributed by atoms with Crippen LogP contribution in [0.25, 0.3) is 0 Å². The first-order valence-corrected chi connectivity index (χ1v) is 8.02. The fourth-order valence-electron chi connectivity index (χ4n) is 2.63. The van der Waals surface area contributed by atoms with Gasteiger partial charge in [0.2, 0.25) is 0 Å². The van der Waals surface area contributed by atoms with E-state index in [1.807, 2.05) is 7.05 Å². The number of nitrogens with one attached hydrogen (secondary N) is 1. The molecule has 106 valence electrons. The standard InChI is InChI=1S/C16H24BrNO/c1-12-3-7-15(8-4-12)19-11-14-6-5-13(10-18-2)9-16(14)17/h5-6,9,12,15,18H,3-4,7-8,10-11H2,1-2H3. The predicted molar refractivity (Wildman–Crippen MR) is 83.1 cm³/mol. The van der Waals surface area contributed by atoms with E-state index in [0.29, 0.717) is 6.10 Å². The highest BCUT2D eigenvalue weighted by Crippen LogP contribution is 2.27. The maximum absolute atomic E-state index is 6.05. The maximum atomic E-state index is 6.05. The number of ether oxygens (including phenoxy) is 1. The van der Waals surface area contributed by atoms with Crippen LogP contribution in [0.3, 0.4) is 0 Å². The smallest absolute Gasteiger partial charge is 0.0731 e. The highest BCUT2D eigenvalue weighted by Gasteiger charge is 2.18. The molecule has 1 fully saturated rings. The van der Waals surface area contributed by atoms with E-state index in [9.17, 15) is 0 Å². The number of rotatable bonds is 5. The van der Waals surface area contributed by atoms with E-state index >= 15 is 0 Å². The zero-order valence-corrected chi connectivity index (χ0v) is 13.5. The minimum Gasteiger partial charge on any atom is -0.374 e. The Labute approximate surface area is 125 Å². The van der Waals surface area contributed by atoms with Crippen LogP contribution in [0.15, 0.2) is 22.7 Å². The molecule has 0 amide bonds. The van der Waals surface area contributed by atoms with Crippen molar-refractivity contribution < 1.29 is 4.74 Å². The molecule has 0 spiro atoms. The molecular formula is C16H24BrNO. The second-order valence-corrected chi connectivity index (χ2v) is 6.50. The summed E-state index contributed by atoms with van der Waals surface area (Å²) in [4.78, 5) is 0. The molecule has 1 aromatic rings. The molecule has 1 saturated carbocycles. The molecular weight excluding hydrogens is 302 g/mol. The summed E-state index contributed by atoms with van der Waals surface area (Å²) in [6.45, 7) is 3.97. The quantitative estimate of drug-likeness (QED) is 0.873. The second-order valence-electron chi connectivity index (χ2n) is 5.65. The molecule has 0 saturated heterocycles. The van der Waals surface area contributed by atoms with Gasteiger partial charge in [0.15, 0.2) is 0 Å². The van der Waals surface area contributed by atoms with Crippen molar-refractivity contribution >= 4 is 15.9 Å². The number of halogens is 1. The van der Waals surface area contributed by atoms with E-state index in [1.54, 1.807) is 0 Å². The van der Waals surface area contributed by atoms with Crippen molar-refractivity contribution in [2.75, 3.05) is 7.05 Å². The molecule has 1 N–H and O–H groups in total. The van der Waals surface area contributed by atoms with Crippen LogP contribution in [0.1, 0.15) is 43.7 Å². The lowest BCUT2D eigenvalue weighted by Crippen LogP contribution is -2.20. The Bertz CT molecular complexity index is 400. The van der Waals surface area contributed by atoms with Gasteiger partial charge in [-0.2, -0.15) is 0 Å². The lowest BCUT2D eigenvalue weighted by atomic mass is 9.89. The van der Waals surface area contributed by atoms with Crippen LogP contribution in [0.4, 0.5) is 0 Å². The van der Waals surface area contributed by atoms with Crippen LogP contribution in [-0.2, 0) is 17.9 Å². The average molecular weight is 326 g/mol. The second kappa shape index (κ2) is 7.41. The molecule has 1 aromatic carbocycles. The maximum Gasteiger partial charge on any atom is 0.0731 e. The first-order chi connectivity index (χ1) is 9.19. The van der Waals surface area contributed by atoms with Gasteiger partial charge in [0.1, 0.15) is 0 Å². The first-order valence-electron chi connectivity index (χ1n) is 7.22. The molecule has 19 heavy (non-hydrogen) atoms. The number of hydrogen-bond acceptors (Lipinski definition) is 2. The number of hydrogen-bond donors (Lipinski definition) is 1. The van der Waals surface area contributed by atoms with Gasteiger partial charge < -0.3 is 10.1 Å². The molecule has 3 heteroatoms. The molecule has 0 unspecified atom stereocenters. The van der Waals surface area contributed by atoms with Gasteiger partial charge in [0, 0.05) is 11.0 Å². The van der Waals surface area contributed by atoms with Crippen molar-refractivity contribution in [1.82, 2.24) is 5.32 Å². The Balaban J connectivity index is 1.85. The van der Waals surface area contributed by atoms with Gasteiger partial charge in [-0.15, -0.1) is 0 Å². The van der Waals surface area contributed by atoms with Crippen LogP contribution in [0.2, 0.25) is 0 Å². The minimum absolute atomic E-state index is 0.458. The SMILES string of the molecule is CNCc1ccc(COC2CCC(C)CC2)c(Br)c1. The largest absolute Gasteiger partial charge is 0.374 e. The third-order valence-corrected chi connectivity index (χ3v) is 4.67. The van der Waals surface area contributed by atoms with Crippen molar-refractivity contribution in [1.29, 1.82) is 0 Å². The Morgan fingerprint density at radius 1 is 1.26 bits per heavy atom. The summed E-state index contributed by atoms with van der Waals surface area (Å²) in [7, 11) is 1.97. The molecule has 1 aliphatic rings. The highest BCUT2D eigenvalue weighted by atomic mass is 79.9. The van der Waals surface area contributed by atoms with Gasteiger partial charge in [-0.25, -0.2) is 0 Å². The van der Waals surface area contributed by atoms with E-state index in [2.05, 4.69) is 46.4 Å². The fraction of sp³-hybridized carbons (Fsp3) is 0.625. The molecule has 0 heterocycles. The highest BCUT2D eigenvalue weighted by molar-refractivity contribution is 9.10. The zero-order valence-electron chi connectivity index (χ0n) is 11.9. The summed E-state index contributed by atoms with van der Waals surface area (Å²) < 4.78 is 7.21. The van der Waals surface area contributed by atoms with Gasteiger partial charge in [-0.05, 0) is 55.8 Å². The molecule has 0 radical (unpaired) electrons. The van der Waals surface area contributed by atoms with Crippen LogP contribution < -0.4 is 5.32 Å². The first kappa shape index (κ1) is 15.0. The molecule has 0 atom stereocenters. The molecule has 1 aliphatic carbocycles. The van der Waals surface area contributed by atoms with E-state index < -0.39 is 0 Å². The topological polar surface area (TPSA) is 21.3 Å². The third kappa shape index (κ3) is 4.59. The summed E-state index contributed by atoms with van der Waals surface area (Å²) in [6.07, 6.45) is 5.52. The van der Waals surface area contributed by atoms with E-state index in [-0.39, 0.29) is 0 Å². The van der Waals surface area contributed by atoms with E-state index in [1.165, 1.54) is 36.8 Å². The minimum atomic E-state index is 0.458. The van der Waals surface area contributed by atoms with Gasteiger partial charge in [-0.3, -0.25) is 0 Å². The molecule has 0 aromatic heterocycles. The van der Waals surface area contributed by atoms with Crippen LogP contribution in [-0.4, -0.2) is 13.2 Å². The zero-order chi connectivity index (χ0) is 13.7. The van der Waals surface area contributed by atoms with Gasteiger partial charge in [0.25, 0.3) is 0 Å². The van der Waals surface area contributed by atoms with Crippen LogP contribution in [0, 0.1) is 5.92 Å². The normalized spacial score (nSPS) is 23.5. The third-order valence-electron chi connectivity index (χ3n) is 3.94. The predicted octanol–water partition coefficient (Wildman–Crippen LogP) is 4.26. The van der Waals surface area contributed by atoms with Crippen LogP contribution >= 0.6 is 15.9 Å². The Kier molecular flexibility index (Phi) is 5.86. The summed E-state index contributed by atoms with van der Waals surface area (Å²) in [6, 6.07) is 6.52. The molecule has 2 nitrogen and oxygen atoms in total. The van der Waals surface area contributed by atoms with Crippen molar-refractivity contribution in [3.63, 3.8) is 0 Å². The van der Waals surface area contributed by atoms with Crippen molar-refractivity contribution in [3.05, 3.63) is 33.8 Å². The molecule has 0 bridgehead atoms. The Morgan fingerprint density at radius 2 is 2.00 bits per heavy atom. The van der Waals surface area contributed by atoms with Crippen molar-refractivity contribution in [3.8, 4) is 0 Å². The van der Waals surface area contributed by atoms with Crippen molar-refractivity contribution in [2.24, 2.45) is 5.92 Å². The summed E-state index contributed by atoms with van der Waals surface area (Å²) >= 11 is 3.64. The number of benzene rings is 1. The Morgan fingerprint density at radius 3 is 2.63 bits per heavy atom. The summed E-state index contributed by atoms with van der Waals surface area (Å²) in [5.41, 5.74) is 2.54. The summed E-state index contributed by atoms with van der Waals surface area (Å²) in [5.74, 6) is 0.882. The molecule has 2 rings (SSSR count). The monoisotopic (exact) mass is 325 g/mol. The van der Waals surface area contributed by atoms with Crippen molar-refractivity contribution in [2.45, 2.75) is 51.9 Å². The van der Waals surface area contributed by atoms with Gasteiger partial charge >= 0.3 is 0 Å².